The number of amides is 1. The highest BCUT2D eigenvalue weighted by Gasteiger charge is 2.23. The van der Waals surface area contributed by atoms with Crippen molar-refractivity contribution in [2.75, 3.05) is 30.9 Å². The lowest BCUT2D eigenvalue weighted by Gasteiger charge is -2.37. The zero-order valence-electron chi connectivity index (χ0n) is 17.0. The van der Waals surface area contributed by atoms with E-state index in [1.165, 1.54) is 17.8 Å². The Morgan fingerprint density at radius 2 is 1.65 bits per heavy atom. The maximum absolute atomic E-state index is 12.9. The summed E-state index contributed by atoms with van der Waals surface area (Å²) < 4.78 is 27.6. The van der Waals surface area contributed by atoms with Gasteiger partial charge in [0.05, 0.1) is 5.02 Å². The van der Waals surface area contributed by atoms with E-state index in [2.05, 4.69) is 27.9 Å². The first-order valence-corrected chi connectivity index (χ1v) is 12.1. The molecule has 162 valence electrons. The van der Waals surface area contributed by atoms with Crippen molar-refractivity contribution in [2.45, 2.75) is 17.7 Å². The van der Waals surface area contributed by atoms with E-state index in [0.29, 0.717) is 24.3 Å². The van der Waals surface area contributed by atoms with Crippen LogP contribution in [0.15, 0.2) is 77.4 Å². The van der Waals surface area contributed by atoms with Crippen molar-refractivity contribution in [2.24, 2.45) is 0 Å². The number of sulfonamides is 1. The van der Waals surface area contributed by atoms with Crippen LogP contribution in [-0.4, -0.2) is 50.3 Å². The summed E-state index contributed by atoms with van der Waals surface area (Å²) in [5.74, 6) is -0.0478. The summed E-state index contributed by atoms with van der Waals surface area (Å²) in [6, 6.07) is 12.7. The summed E-state index contributed by atoms with van der Waals surface area (Å²) in [7, 11) is -3.81. The molecule has 1 saturated heterocycles. The SMILES string of the molecule is O=C(c1ccc(NS(=O)(=O)c2ccccc2Cl)cc1)N1CCN(C2=CCCC=C2)CC1. The zero-order chi connectivity index (χ0) is 21.8. The van der Waals surface area contributed by atoms with Gasteiger partial charge in [-0.2, -0.15) is 0 Å². The number of rotatable bonds is 5. The molecule has 2 aromatic rings. The van der Waals surface area contributed by atoms with Gasteiger partial charge in [-0.05, 0) is 55.3 Å². The second kappa shape index (κ2) is 9.16. The maximum Gasteiger partial charge on any atom is 0.263 e. The molecule has 8 heteroatoms. The van der Waals surface area contributed by atoms with Crippen LogP contribution in [0.25, 0.3) is 0 Å². The largest absolute Gasteiger partial charge is 0.368 e. The third kappa shape index (κ3) is 4.94. The molecule has 0 atom stereocenters. The van der Waals surface area contributed by atoms with Gasteiger partial charge in [0.25, 0.3) is 15.9 Å². The highest BCUT2D eigenvalue weighted by molar-refractivity contribution is 7.92. The Morgan fingerprint density at radius 3 is 2.29 bits per heavy atom. The van der Waals surface area contributed by atoms with Crippen LogP contribution in [0, 0.1) is 0 Å². The van der Waals surface area contributed by atoms with E-state index in [0.717, 1.165) is 25.9 Å². The van der Waals surface area contributed by atoms with E-state index >= 15 is 0 Å². The second-order valence-electron chi connectivity index (χ2n) is 7.50. The van der Waals surface area contributed by atoms with Gasteiger partial charge in [-0.3, -0.25) is 9.52 Å². The number of hydrogen-bond acceptors (Lipinski definition) is 4. The average Bonchev–Trinajstić information content (AvgIpc) is 2.80. The van der Waals surface area contributed by atoms with Crippen molar-refractivity contribution in [1.82, 2.24) is 9.80 Å². The minimum atomic E-state index is -3.81. The normalized spacial score (nSPS) is 16.7. The minimum absolute atomic E-state index is 0.0117. The number of piperazine rings is 1. The molecule has 2 aliphatic rings. The Hall–Kier alpha value is -2.77. The molecule has 1 amide bonds. The van der Waals surface area contributed by atoms with E-state index in [1.807, 2.05) is 4.90 Å². The van der Waals surface area contributed by atoms with E-state index in [9.17, 15) is 13.2 Å². The molecule has 0 spiro atoms. The molecule has 31 heavy (non-hydrogen) atoms. The molecular formula is C23H24ClN3O3S. The summed E-state index contributed by atoms with van der Waals surface area (Å²) in [5, 5.41) is 0.153. The van der Waals surface area contributed by atoms with E-state index in [4.69, 9.17) is 11.6 Å². The first-order valence-electron chi connectivity index (χ1n) is 10.2. The smallest absolute Gasteiger partial charge is 0.263 e. The van der Waals surface area contributed by atoms with Gasteiger partial charge in [0.1, 0.15) is 4.90 Å². The van der Waals surface area contributed by atoms with Crippen LogP contribution in [-0.2, 0) is 10.0 Å². The number of nitrogens with one attached hydrogen (secondary N) is 1. The summed E-state index contributed by atoms with van der Waals surface area (Å²) in [6.45, 7) is 2.92. The Kier molecular flexibility index (Phi) is 6.34. The number of halogens is 1. The second-order valence-corrected chi connectivity index (χ2v) is 9.56. The third-order valence-electron chi connectivity index (χ3n) is 5.42. The van der Waals surface area contributed by atoms with Crippen molar-refractivity contribution < 1.29 is 13.2 Å². The molecule has 4 rings (SSSR count). The molecular weight excluding hydrogens is 434 g/mol. The fourth-order valence-electron chi connectivity index (χ4n) is 3.74. The van der Waals surface area contributed by atoms with Crippen molar-refractivity contribution in [1.29, 1.82) is 0 Å². The van der Waals surface area contributed by atoms with Gasteiger partial charge in [-0.1, -0.05) is 35.9 Å². The molecule has 1 aliphatic carbocycles. The molecule has 1 heterocycles. The van der Waals surface area contributed by atoms with Gasteiger partial charge in [0, 0.05) is 43.1 Å². The van der Waals surface area contributed by atoms with Crippen LogP contribution in [0.4, 0.5) is 5.69 Å². The van der Waals surface area contributed by atoms with Crippen molar-refractivity contribution in [3.05, 3.63) is 83.0 Å². The third-order valence-corrected chi connectivity index (χ3v) is 7.30. The summed E-state index contributed by atoms with van der Waals surface area (Å²) in [5.41, 5.74) is 2.15. The first kappa shape index (κ1) is 21.5. The molecule has 0 unspecified atom stereocenters. The molecule has 1 fully saturated rings. The number of anilines is 1. The first-order chi connectivity index (χ1) is 14.9. The summed E-state index contributed by atoms with van der Waals surface area (Å²) in [6.07, 6.45) is 8.75. The van der Waals surface area contributed by atoms with Gasteiger partial charge >= 0.3 is 0 Å². The highest BCUT2D eigenvalue weighted by atomic mass is 35.5. The molecule has 0 bridgehead atoms. The molecule has 0 aromatic heterocycles. The Labute approximate surface area is 187 Å². The van der Waals surface area contributed by atoms with Crippen molar-refractivity contribution in [3.63, 3.8) is 0 Å². The van der Waals surface area contributed by atoms with Gasteiger partial charge in [-0.25, -0.2) is 8.42 Å². The lowest BCUT2D eigenvalue weighted by Crippen LogP contribution is -2.48. The fourth-order valence-corrected chi connectivity index (χ4v) is 5.32. The van der Waals surface area contributed by atoms with Crippen LogP contribution < -0.4 is 4.72 Å². The Balaban J connectivity index is 1.38. The number of hydrogen-bond donors (Lipinski definition) is 1. The summed E-state index contributed by atoms with van der Waals surface area (Å²) >= 11 is 6.01. The summed E-state index contributed by atoms with van der Waals surface area (Å²) in [4.78, 5) is 17.0. The van der Waals surface area contributed by atoms with Gasteiger partial charge < -0.3 is 9.80 Å². The maximum atomic E-state index is 12.9. The van der Waals surface area contributed by atoms with E-state index in [-0.39, 0.29) is 15.8 Å². The van der Waals surface area contributed by atoms with Gasteiger partial charge in [-0.15, -0.1) is 0 Å². The molecule has 0 radical (unpaired) electrons. The number of carbonyl (C=O) groups is 1. The predicted octanol–water partition coefficient (Wildman–Crippen LogP) is 4.13. The van der Waals surface area contributed by atoms with Crippen LogP contribution in [0.3, 0.4) is 0 Å². The molecule has 6 nitrogen and oxygen atoms in total. The fraction of sp³-hybridized carbons (Fsp3) is 0.261. The number of nitrogens with zero attached hydrogens (tertiary/aromatic N) is 2. The van der Waals surface area contributed by atoms with Crippen LogP contribution in [0.2, 0.25) is 5.02 Å². The average molecular weight is 458 g/mol. The molecule has 2 aromatic carbocycles. The standard InChI is InChI=1S/C23H24ClN3O3S/c24-21-8-4-5-9-22(21)31(29,30)25-19-12-10-18(11-13-19)23(28)27-16-14-26(15-17-27)20-6-2-1-3-7-20/h2,4-13,25H,1,3,14-17H2. The van der Waals surface area contributed by atoms with E-state index < -0.39 is 10.0 Å². The van der Waals surface area contributed by atoms with Crippen LogP contribution >= 0.6 is 11.6 Å². The quantitative estimate of drug-likeness (QED) is 0.732. The highest BCUT2D eigenvalue weighted by Crippen LogP contribution is 2.24. The van der Waals surface area contributed by atoms with Gasteiger partial charge in [0.15, 0.2) is 0 Å². The number of benzene rings is 2. The molecule has 1 aliphatic heterocycles. The van der Waals surface area contributed by atoms with E-state index in [1.54, 1.807) is 36.4 Å². The van der Waals surface area contributed by atoms with Gasteiger partial charge in [0.2, 0.25) is 0 Å². The van der Waals surface area contributed by atoms with Crippen LogP contribution in [0.1, 0.15) is 23.2 Å². The number of allylic oxidation sites excluding steroid dienone is 3. The minimum Gasteiger partial charge on any atom is -0.368 e. The Morgan fingerprint density at radius 1 is 0.935 bits per heavy atom. The zero-order valence-corrected chi connectivity index (χ0v) is 18.6. The monoisotopic (exact) mass is 457 g/mol. The lowest BCUT2D eigenvalue weighted by atomic mass is 10.1. The van der Waals surface area contributed by atoms with Crippen molar-refractivity contribution in [3.8, 4) is 0 Å². The lowest BCUT2D eigenvalue weighted by molar-refractivity contribution is 0.0672. The van der Waals surface area contributed by atoms with Crippen molar-refractivity contribution >= 4 is 33.2 Å². The number of carbonyl (C=O) groups excluding carboxylic acids is 1. The van der Waals surface area contributed by atoms with Crippen LogP contribution in [0.5, 0.6) is 0 Å². The molecule has 1 N–H and O–H groups in total. The topological polar surface area (TPSA) is 69.7 Å². The Bertz CT molecular complexity index is 1120. The predicted molar refractivity (Wildman–Crippen MR) is 123 cm³/mol. The molecule has 0 saturated carbocycles.